The molecule has 0 aromatic carbocycles. The molecule has 0 bridgehead atoms. The summed E-state index contributed by atoms with van der Waals surface area (Å²) in [4.78, 5) is 0. The second kappa shape index (κ2) is 4.72. The summed E-state index contributed by atoms with van der Waals surface area (Å²) in [5.41, 5.74) is -0.230. The third-order valence-electron chi connectivity index (χ3n) is 8.62. The molecule has 1 heteroatoms. The highest BCUT2D eigenvalue weighted by Crippen LogP contribution is 2.66. The molecule has 0 aliphatic heterocycles. The Bertz CT molecular complexity index is 508. The first-order valence-corrected chi connectivity index (χ1v) is 9.50. The van der Waals surface area contributed by atoms with Crippen LogP contribution in [-0.2, 0) is 0 Å². The average molecular weight is 300 g/mol. The molecule has 3 fully saturated rings. The van der Waals surface area contributed by atoms with Crippen molar-refractivity contribution in [3.8, 4) is 0 Å². The van der Waals surface area contributed by atoms with Crippen LogP contribution in [0.1, 0.15) is 65.2 Å². The van der Waals surface area contributed by atoms with E-state index in [4.69, 9.17) is 0 Å². The second-order valence-corrected chi connectivity index (χ2v) is 9.17. The zero-order valence-electron chi connectivity index (χ0n) is 14.4. The van der Waals surface area contributed by atoms with E-state index in [-0.39, 0.29) is 5.41 Å². The van der Waals surface area contributed by atoms with Crippen LogP contribution in [0.5, 0.6) is 0 Å². The maximum atomic E-state index is 11.0. The van der Waals surface area contributed by atoms with Crippen molar-refractivity contribution in [1.29, 1.82) is 0 Å². The van der Waals surface area contributed by atoms with Gasteiger partial charge in [0.2, 0.25) is 0 Å². The SMILES string of the molecule is C=C[C@@]1(O)C=C[C@H]2[C@@H]3CCC4CCCC[C@]4(C)[C@H]3CC[C@@]21C. The van der Waals surface area contributed by atoms with Gasteiger partial charge in [-0.1, -0.05) is 51.5 Å². The molecule has 0 amide bonds. The van der Waals surface area contributed by atoms with Crippen molar-refractivity contribution in [1.82, 2.24) is 0 Å². The minimum Gasteiger partial charge on any atom is -0.381 e. The molecule has 122 valence electrons. The van der Waals surface area contributed by atoms with Crippen LogP contribution < -0.4 is 0 Å². The minimum atomic E-state index is -0.785. The van der Waals surface area contributed by atoms with Gasteiger partial charge in [-0.05, 0) is 67.6 Å². The lowest BCUT2D eigenvalue weighted by molar-refractivity contribution is -0.129. The van der Waals surface area contributed by atoms with Gasteiger partial charge in [0.25, 0.3) is 0 Å². The Morgan fingerprint density at radius 2 is 1.91 bits per heavy atom. The lowest BCUT2D eigenvalue weighted by Crippen LogP contribution is -2.56. The van der Waals surface area contributed by atoms with Gasteiger partial charge in [0.15, 0.2) is 0 Å². The third-order valence-corrected chi connectivity index (χ3v) is 8.62. The second-order valence-electron chi connectivity index (χ2n) is 9.17. The lowest BCUT2D eigenvalue weighted by Gasteiger charge is -2.61. The fraction of sp³-hybridized carbons (Fsp3) is 0.810. The molecule has 4 aliphatic rings. The zero-order chi connectivity index (χ0) is 15.6. The molecule has 1 unspecified atom stereocenters. The topological polar surface area (TPSA) is 20.2 Å². The Hall–Kier alpha value is -0.560. The smallest absolute Gasteiger partial charge is 0.106 e. The van der Waals surface area contributed by atoms with Crippen molar-refractivity contribution in [2.24, 2.45) is 34.5 Å². The quantitative estimate of drug-likeness (QED) is 0.667. The zero-order valence-corrected chi connectivity index (χ0v) is 14.4. The highest BCUT2D eigenvalue weighted by atomic mass is 16.3. The van der Waals surface area contributed by atoms with Crippen LogP contribution in [0.3, 0.4) is 0 Å². The van der Waals surface area contributed by atoms with E-state index in [9.17, 15) is 5.11 Å². The number of fused-ring (bicyclic) bond motifs is 5. The highest BCUT2D eigenvalue weighted by Gasteiger charge is 2.61. The van der Waals surface area contributed by atoms with Crippen molar-refractivity contribution in [2.75, 3.05) is 0 Å². The van der Waals surface area contributed by atoms with Crippen molar-refractivity contribution >= 4 is 0 Å². The van der Waals surface area contributed by atoms with Crippen molar-refractivity contribution in [3.63, 3.8) is 0 Å². The molecule has 1 nitrogen and oxygen atoms in total. The van der Waals surface area contributed by atoms with E-state index in [1.54, 1.807) is 6.08 Å². The summed E-state index contributed by atoms with van der Waals surface area (Å²) in [6, 6.07) is 0. The predicted octanol–water partition coefficient (Wildman–Crippen LogP) is 5.11. The van der Waals surface area contributed by atoms with E-state index >= 15 is 0 Å². The minimum absolute atomic E-state index is 0.0201. The molecule has 0 aromatic heterocycles. The van der Waals surface area contributed by atoms with Crippen LogP contribution in [-0.4, -0.2) is 10.7 Å². The molecule has 0 spiro atoms. The number of hydrogen-bond acceptors (Lipinski definition) is 1. The summed E-state index contributed by atoms with van der Waals surface area (Å²) < 4.78 is 0. The van der Waals surface area contributed by atoms with E-state index in [2.05, 4.69) is 32.6 Å². The average Bonchev–Trinajstić information content (AvgIpc) is 2.79. The maximum absolute atomic E-state index is 11.0. The van der Waals surface area contributed by atoms with Crippen molar-refractivity contribution in [3.05, 3.63) is 24.8 Å². The van der Waals surface area contributed by atoms with Gasteiger partial charge in [-0.3, -0.25) is 0 Å². The number of hydrogen-bond donors (Lipinski definition) is 1. The number of allylic oxidation sites excluding steroid dienone is 1. The molecule has 0 heterocycles. The maximum Gasteiger partial charge on any atom is 0.106 e. The van der Waals surface area contributed by atoms with E-state index < -0.39 is 5.60 Å². The molecular weight excluding hydrogens is 268 g/mol. The van der Waals surface area contributed by atoms with Crippen LogP contribution in [0, 0.1) is 34.5 Å². The van der Waals surface area contributed by atoms with E-state index in [1.807, 2.05) is 0 Å². The Kier molecular flexibility index (Phi) is 3.22. The van der Waals surface area contributed by atoms with Crippen molar-refractivity contribution < 1.29 is 5.11 Å². The molecule has 22 heavy (non-hydrogen) atoms. The fourth-order valence-corrected chi connectivity index (χ4v) is 7.11. The van der Waals surface area contributed by atoms with Crippen molar-refractivity contribution in [2.45, 2.75) is 70.8 Å². The molecule has 0 radical (unpaired) electrons. The van der Waals surface area contributed by atoms with Gasteiger partial charge in [-0.2, -0.15) is 0 Å². The van der Waals surface area contributed by atoms with E-state index in [0.717, 1.165) is 24.2 Å². The van der Waals surface area contributed by atoms with Gasteiger partial charge in [0.1, 0.15) is 5.60 Å². The summed E-state index contributed by atoms with van der Waals surface area (Å²) in [7, 11) is 0. The van der Waals surface area contributed by atoms with E-state index in [1.165, 1.54) is 44.9 Å². The highest BCUT2D eigenvalue weighted by molar-refractivity contribution is 5.30. The summed E-state index contributed by atoms with van der Waals surface area (Å²) in [6.07, 6.45) is 17.3. The predicted molar refractivity (Wildman–Crippen MR) is 91.4 cm³/mol. The van der Waals surface area contributed by atoms with Gasteiger partial charge in [0.05, 0.1) is 0 Å². The van der Waals surface area contributed by atoms with Crippen LogP contribution in [0.4, 0.5) is 0 Å². The lowest BCUT2D eigenvalue weighted by atomic mass is 9.44. The van der Waals surface area contributed by atoms with Gasteiger partial charge in [-0.15, -0.1) is 0 Å². The Labute approximate surface area is 135 Å². The van der Waals surface area contributed by atoms with E-state index in [0.29, 0.717) is 11.3 Å². The molecule has 7 atom stereocenters. The summed E-state index contributed by atoms with van der Waals surface area (Å²) in [6.45, 7) is 8.85. The molecule has 0 aromatic rings. The molecule has 0 saturated heterocycles. The molecule has 4 rings (SSSR count). The van der Waals surface area contributed by atoms with Crippen LogP contribution in [0.15, 0.2) is 24.8 Å². The molecule has 3 saturated carbocycles. The Morgan fingerprint density at radius 1 is 1.09 bits per heavy atom. The molecular formula is C21H32O. The monoisotopic (exact) mass is 300 g/mol. The largest absolute Gasteiger partial charge is 0.381 e. The fourth-order valence-electron chi connectivity index (χ4n) is 7.11. The third kappa shape index (κ3) is 1.70. The Morgan fingerprint density at radius 3 is 2.68 bits per heavy atom. The summed E-state index contributed by atoms with van der Waals surface area (Å²) in [5.74, 6) is 3.18. The van der Waals surface area contributed by atoms with Gasteiger partial charge < -0.3 is 5.11 Å². The first kappa shape index (κ1) is 15.0. The first-order chi connectivity index (χ1) is 10.4. The number of aliphatic hydroxyl groups is 1. The van der Waals surface area contributed by atoms with Crippen LogP contribution in [0.25, 0.3) is 0 Å². The van der Waals surface area contributed by atoms with Gasteiger partial charge in [0, 0.05) is 5.41 Å². The normalized spacial score (nSPS) is 56.9. The van der Waals surface area contributed by atoms with Crippen LogP contribution in [0.2, 0.25) is 0 Å². The summed E-state index contributed by atoms with van der Waals surface area (Å²) >= 11 is 0. The van der Waals surface area contributed by atoms with Gasteiger partial charge >= 0.3 is 0 Å². The summed E-state index contributed by atoms with van der Waals surface area (Å²) in [5, 5.41) is 11.0. The first-order valence-electron chi connectivity index (χ1n) is 9.50. The van der Waals surface area contributed by atoms with Crippen LogP contribution >= 0.6 is 0 Å². The molecule has 4 aliphatic carbocycles. The Balaban J connectivity index is 1.68. The van der Waals surface area contributed by atoms with Gasteiger partial charge in [-0.25, -0.2) is 0 Å². The number of rotatable bonds is 1. The standard InChI is InChI=1S/C21H32O/c1-4-21(22)14-11-18-16-9-8-15-7-5-6-12-19(15,2)17(16)10-13-20(18,21)3/h4,11,14-18,22H,1,5-10,12-13H2,2-3H3/t15?,16-,17+,18+,19+,20+,21-/m1/s1. The molecule has 1 N–H and O–H groups in total.